The standard InChI is InChI=1S/C14H17ClN4O2S/c1-21-6-5-19-9-11(8-16-19)17-14(20)18-12-7-10(15)3-4-13(12)22-2/h3-4,7-9H,5-6H2,1-2H3,(H2,17,18,20). The van der Waals surface area contributed by atoms with Crippen molar-refractivity contribution in [2.75, 3.05) is 30.6 Å². The smallest absolute Gasteiger partial charge is 0.323 e. The van der Waals surface area contributed by atoms with Gasteiger partial charge in [0.05, 0.1) is 30.7 Å². The number of amides is 2. The van der Waals surface area contributed by atoms with Gasteiger partial charge in [0, 0.05) is 23.2 Å². The molecule has 0 bridgehead atoms. The molecule has 0 aliphatic carbocycles. The predicted molar refractivity (Wildman–Crippen MR) is 90.0 cm³/mol. The van der Waals surface area contributed by atoms with E-state index in [4.69, 9.17) is 16.3 Å². The number of anilines is 2. The Balaban J connectivity index is 1.98. The Kier molecular flexibility index (Phi) is 6.11. The van der Waals surface area contributed by atoms with Crippen molar-refractivity contribution in [3.8, 4) is 0 Å². The van der Waals surface area contributed by atoms with Gasteiger partial charge in [0.2, 0.25) is 0 Å². The Bertz CT molecular complexity index is 648. The van der Waals surface area contributed by atoms with Crippen LogP contribution >= 0.6 is 23.4 Å². The number of halogens is 1. The number of urea groups is 1. The van der Waals surface area contributed by atoms with Crippen LogP contribution in [-0.2, 0) is 11.3 Å². The largest absolute Gasteiger partial charge is 0.383 e. The number of ether oxygens (including phenoxy) is 1. The van der Waals surface area contributed by atoms with Gasteiger partial charge in [-0.25, -0.2) is 4.79 Å². The van der Waals surface area contributed by atoms with Gasteiger partial charge in [-0.05, 0) is 24.5 Å². The highest BCUT2D eigenvalue weighted by molar-refractivity contribution is 7.98. The zero-order chi connectivity index (χ0) is 15.9. The summed E-state index contributed by atoms with van der Waals surface area (Å²) in [6.07, 6.45) is 5.26. The molecule has 1 heterocycles. The summed E-state index contributed by atoms with van der Waals surface area (Å²) in [6.45, 7) is 1.19. The molecular formula is C14H17ClN4O2S. The van der Waals surface area contributed by atoms with Gasteiger partial charge in [-0.3, -0.25) is 4.68 Å². The molecule has 2 aromatic rings. The number of aromatic nitrogens is 2. The maximum atomic E-state index is 12.0. The van der Waals surface area contributed by atoms with Crippen LogP contribution in [0.2, 0.25) is 5.02 Å². The highest BCUT2D eigenvalue weighted by atomic mass is 35.5. The van der Waals surface area contributed by atoms with E-state index in [0.717, 1.165) is 4.90 Å². The summed E-state index contributed by atoms with van der Waals surface area (Å²) in [5.41, 5.74) is 1.28. The molecule has 0 saturated carbocycles. The van der Waals surface area contributed by atoms with Crippen molar-refractivity contribution >= 4 is 40.8 Å². The number of hydrogen-bond donors (Lipinski definition) is 2. The molecule has 0 fully saturated rings. The van der Waals surface area contributed by atoms with E-state index in [1.165, 1.54) is 11.8 Å². The fraction of sp³-hybridized carbons (Fsp3) is 0.286. The van der Waals surface area contributed by atoms with E-state index in [-0.39, 0.29) is 6.03 Å². The van der Waals surface area contributed by atoms with E-state index in [1.54, 1.807) is 36.3 Å². The second-order valence-electron chi connectivity index (χ2n) is 4.41. The second-order valence-corrected chi connectivity index (χ2v) is 5.69. The highest BCUT2D eigenvalue weighted by Gasteiger charge is 2.08. The number of nitrogens with one attached hydrogen (secondary N) is 2. The van der Waals surface area contributed by atoms with Crippen LogP contribution in [0.25, 0.3) is 0 Å². The first-order valence-electron chi connectivity index (χ1n) is 6.55. The molecule has 2 rings (SSSR count). The summed E-state index contributed by atoms with van der Waals surface area (Å²) in [5.74, 6) is 0. The number of methoxy groups -OCH3 is 1. The maximum absolute atomic E-state index is 12.0. The van der Waals surface area contributed by atoms with E-state index < -0.39 is 0 Å². The molecule has 2 amide bonds. The van der Waals surface area contributed by atoms with Gasteiger partial charge in [0.25, 0.3) is 0 Å². The molecule has 0 aliphatic rings. The van der Waals surface area contributed by atoms with Crippen LogP contribution in [0.3, 0.4) is 0 Å². The molecule has 2 N–H and O–H groups in total. The monoisotopic (exact) mass is 340 g/mol. The Labute approximate surface area is 138 Å². The fourth-order valence-electron chi connectivity index (χ4n) is 1.80. The van der Waals surface area contributed by atoms with Gasteiger partial charge in [-0.1, -0.05) is 11.6 Å². The van der Waals surface area contributed by atoms with Gasteiger partial charge >= 0.3 is 6.03 Å². The Morgan fingerprint density at radius 2 is 2.27 bits per heavy atom. The number of hydrogen-bond acceptors (Lipinski definition) is 4. The molecule has 22 heavy (non-hydrogen) atoms. The summed E-state index contributed by atoms with van der Waals surface area (Å²) in [6, 6.07) is 5.03. The first-order chi connectivity index (χ1) is 10.6. The quantitative estimate of drug-likeness (QED) is 0.789. The minimum Gasteiger partial charge on any atom is -0.383 e. The first kappa shape index (κ1) is 16.7. The van der Waals surface area contributed by atoms with Crippen LogP contribution in [0.5, 0.6) is 0 Å². The van der Waals surface area contributed by atoms with Crippen LogP contribution in [0, 0.1) is 0 Å². The summed E-state index contributed by atoms with van der Waals surface area (Å²) in [7, 11) is 1.63. The topological polar surface area (TPSA) is 68.2 Å². The molecule has 0 spiro atoms. The normalized spacial score (nSPS) is 10.5. The zero-order valence-corrected chi connectivity index (χ0v) is 13.9. The van der Waals surface area contributed by atoms with Crippen molar-refractivity contribution < 1.29 is 9.53 Å². The first-order valence-corrected chi connectivity index (χ1v) is 8.15. The minimum absolute atomic E-state index is 0.344. The summed E-state index contributed by atoms with van der Waals surface area (Å²) < 4.78 is 6.68. The molecule has 118 valence electrons. The average Bonchev–Trinajstić information content (AvgIpc) is 2.92. The third-order valence-electron chi connectivity index (χ3n) is 2.83. The molecule has 0 saturated heterocycles. The lowest BCUT2D eigenvalue weighted by molar-refractivity contribution is 0.183. The third kappa shape index (κ3) is 4.66. The van der Waals surface area contributed by atoms with Gasteiger partial charge in [-0.2, -0.15) is 5.10 Å². The number of rotatable bonds is 6. The molecule has 1 aromatic carbocycles. The number of carbonyl (C=O) groups is 1. The number of thioether (sulfide) groups is 1. The van der Waals surface area contributed by atoms with Gasteiger partial charge < -0.3 is 15.4 Å². The molecular weight excluding hydrogens is 324 g/mol. The molecule has 0 unspecified atom stereocenters. The summed E-state index contributed by atoms with van der Waals surface area (Å²) in [4.78, 5) is 13.0. The van der Waals surface area contributed by atoms with E-state index in [9.17, 15) is 4.79 Å². The molecule has 0 radical (unpaired) electrons. The Hall–Kier alpha value is -1.70. The van der Waals surface area contributed by atoms with Crippen LogP contribution in [0.4, 0.5) is 16.2 Å². The lowest BCUT2D eigenvalue weighted by atomic mass is 10.3. The Morgan fingerprint density at radius 3 is 3.00 bits per heavy atom. The van der Waals surface area contributed by atoms with Crippen LogP contribution in [0.1, 0.15) is 0 Å². The van der Waals surface area contributed by atoms with E-state index in [1.807, 2.05) is 12.3 Å². The fourth-order valence-corrected chi connectivity index (χ4v) is 2.50. The van der Waals surface area contributed by atoms with Gasteiger partial charge in [0.15, 0.2) is 0 Å². The summed E-state index contributed by atoms with van der Waals surface area (Å²) in [5, 5.41) is 10.2. The van der Waals surface area contributed by atoms with Crippen LogP contribution < -0.4 is 10.6 Å². The van der Waals surface area contributed by atoms with Gasteiger partial charge in [-0.15, -0.1) is 11.8 Å². The number of nitrogens with zero attached hydrogens (tertiary/aromatic N) is 2. The van der Waals surface area contributed by atoms with E-state index in [0.29, 0.717) is 29.5 Å². The number of carbonyl (C=O) groups excluding carboxylic acids is 1. The lowest BCUT2D eigenvalue weighted by Gasteiger charge is -2.10. The van der Waals surface area contributed by atoms with Crippen LogP contribution in [-0.4, -0.2) is 35.8 Å². The van der Waals surface area contributed by atoms with Crippen molar-refractivity contribution in [3.63, 3.8) is 0 Å². The van der Waals surface area contributed by atoms with Crippen LogP contribution in [0.15, 0.2) is 35.5 Å². The van der Waals surface area contributed by atoms with Crippen molar-refractivity contribution in [1.82, 2.24) is 9.78 Å². The van der Waals surface area contributed by atoms with E-state index >= 15 is 0 Å². The Morgan fingerprint density at radius 1 is 1.45 bits per heavy atom. The number of benzene rings is 1. The van der Waals surface area contributed by atoms with Crippen molar-refractivity contribution in [1.29, 1.82) is 0 Å². The molecule has 6 nitrogen and oxygen atoms in total. The maximum Gasteiger partial charge on any atom is 0.323 e. The van der Waals surface area contributed by atoms with Gasteiger partial charge in [0.1, 0.15) is 0 Å². The minimum atomic E-state index is -0.344. The molecule has 8 heteroatoms. The van der Waals surface area contributed by atoms with E-state index in [2.05, 4.69) is 15.7 Å². The average molecular weight is 341 g/mol. The third-order valence-corrected chi connectivity index (χ3v) is 3.86. The second kappa shape index (κ2) is 8.07. The highest BCUT2D eigenvalue weighted by Crippen LogP contribution is 2.28. The molecule has 0 atom stereocenters. The summed E-state index contributed by atoms with van der Waals surface area (Å²) >= 11 is 7.50. The van der Waals surface area contributed by atoms with Crippen molar-refractivity contribution in [2.24, 2.45) is 0 Å². The lowest BCUT2D eigenvalue weighted by Crippen LogP contribution is -2.19. The SMILES string of the molecule is COCCn1cc(NC(=O)Nc2cc(Cl)ccc2SC)cn1. The van der Waals surface area contributed by atoms with Crippen molar-refractivity contribution in [3.05, 3.63) is 35.6 Å². The molecule has 1 aromatic heterocycles. The predicted octanol–water partition coefficient (Wildman–Crippen LogP) is 3.55. The molecule has 0 aliphatic heterocycles. The van der Waals surface area contributed by atoms with Crippen molar-refractivity contribution in [2.45, 2.75) is 11.4 Å². The zero-order valence-electron chi connectivity index (χ0n) is 12.3.